The number of pyridine rings is 1. The SMILES string of the molecule is C[n+]1c2ccccc2c(C=Cc2ccccc2)c2ccccc21.[I-]. The molecule has 0 aliphatic rings. The number of hydrogen-bond donors (Lipinski definition) is 0. The molecule has 0 amide bonds. The fraction of sp³-hybridized carbons (Fsp3) is 0.0455. The Morgan fingerprint density at radius 2 is 1.12 bits per heavy atom. The Morgan fingerprint density at radius 1 is 0.625 bits per heavy atom. The summed E-state index contributed by atoms with van der Waals surface area (Å²) in [5, 5.41) is 2.56. The lowest BCUT2D eigenvalue weighted by atomic mass is 10.0. The molecule has 118 valence electrons. The molecule has 0 unspecified atom stereocenters. The smallest absolute Gasteiger partial charge is 0.213 e. The standard InChI is InChI=1S/C22H18N.HI/c1-23-21-13-7-5-11-19(21)18(20-12-6-8-14-22(20)23)16-15-17-9-3-2-4-10-17;/h2-16H,1H3;1H/q+1;/p-1. The zero-order valence-electron chi connectivity index (χ0n) is 13.5. The summed E-state index contributed by atoms with van der Waals surface area (Å²) in [4.78, 5) is 0. The number of nitrogens with zero attached hydrogens (tertiary/aromatic N) is 1. The van der Waals surface area contributed by atoms with Crippen LogP contribution in [0.5, 0.6) is 0 Å². The van der Waals surface area contributed by atoms with Crippen molar-refractivity contribution >= 4 is 34.0 Å². The Hall–Kier alpha value is -2.20. The van der Waals surface area contributed by atoms with Crippen LogP contribution in [0.15, 0.2) is 78.9 Å². The van der Waals surface area contributed by atoms with E-state index in [2.05, 4.69) is 96.6 Å². The van der Waals surface area contributed by atoms with Crippen LogP contribution in [0, 0.1) is 0 Å². The van der Waals surface area contributed by atoms with Gasteiger partial charge < -0.3 is 24.0 Å². The molecule has 0 bridgehead atoms. The average Bonchev–Trinajstić information content (AvgIpc) is 2.63. The first-order valence-corrected chi connectivity index (χ1v) is 7.87. The van der Waals surface area contributed by atoms with Gasteiger partial charge in [0.1, 0.15) is 7.05 Å². The summed E-state index contributed by atoms with van der Waals surface area (Å²) in [5.74, 6) is 0. The maximum Gasteiger partial charge on any atom is 0.213 e. The second-order valence-electron chi connectivity index (χ2n) is 5.75. The number of benzene rings is 3. The molecule has 2 heteroatoms. The summed E-state index contributed by atoms with van der Waals surface area (Å²) in [6.07, 6.45) is 4.42. The van der Waals surface area contributed by atoms with Gasteiger partial charge >= 0.3 is 0 Å². The molecule has 3 aromatic carbocycles. The molecule has 0 radical (unpaired) electrons. The summed E-state index contributed by atoms with van der Waals surface area (Å²) in [6, 6.07) is 27.6. The molecule has 0 spiro atoms. The van der Waals surface area contributed by atoms with Gasteiger partial charge in [-0.3, -0.25) is 0 Å². The van der Waals surface area contributed by atoms with E-state index in [1.807, 2.05) is 6.07 Å². The molecule has 0 aliphatic heterocycles. The molecule has 0 aliphatic carbocycles. The highest BCUT2D eigenvalue weighted by atomic mass is 127. The molecule has 0 saturated carbocycles. The lowest BCUT2D eigenvalue weighted by Gasteiger charge is -2.07. The lowest BCUT2D eigenvalue weighted by Crippen LogP contribution is -3.00. The molecule has 0 N–H and O–H groups in total. The van der Waals surface area contributed by atoms with E-state index in [-0.39, 0.29) is 24.0 Å². The third kappa shape index (κ3) is 2.94. The minimum atomic E-state index is 0. The molecule has 4 rings (SSSR count). The van der Waals surface area contributed by atoms with Crippen LogP contribution in [0.25, 0.3) is 34.0 Å². The zero-order valence-corrected chi connectivity index (χ0v) is 15.6. The number of para-hydroxylation sites is 2. The predicted octanol–water partition coefficient (Wildman–Crippen LogP) is 1.99. The molecule has 1 heterocycles. The summed E-state index contributed by atoms with van der Waals surface area (Å²) in [7, 11) is 2.13. The number of aromatic nitrogens is 1. The highest BCUT2D eigenvalue weighted by molar-refractivity contribution is 6.01. The van der Waals surface area contributed by atoms with Crippen molar-refractivity contribution in [3.05, 3.63) is 90.0 Å². The third-order valence-electron chi connectivity index (χ3n) is 4.35. The van der Waals surface area contributed by atoms with Crippen molar-refractivity contribution < 1.29 is 28.5 Å². The molecular formula is C22H18IN. The molecule has 1 aromatic heterocycles. The van der Waals surface area contributed by atoms with Crippen molar-refractivity contribution in [3.8, 4) is 0 Å². The van der Waals surface area contributed by atoms with Crippen LogP contribution in [0.4, 0.5) is 0 Å². The average molecular weight is 423 g/mol. The van der Waals surface area contributed by atoms with Crippen molar-refractivity contribution in [2.45, 2.75) is 0 Å². The molecular weight excluding hydrogens is 405 g/mol. The first-order chi connectivity index (χ1) is 11.3. The van der Waals surface area contributed by atoms with Gasteiger partial charge in [0.2, 0.25) is 11.0 Å². The van der Waals surface area contributed by atoms with Gasteiger partial charge in [0.25, 0.3) is 0 Å². The number of fused-ring (bicyclic) bond motifs is 2. The van der Waals surface area contributed by atoms with Crippen molar-refractivity contribution in [3.63, 3.8) is 0 Å². The van der Waals surface area contributed by atoms with Crippen LogP contribution in [0.1, 0.15) is 11.1 Å². The number of aryl methyl sites for hydroxylation is 1. The van der Waals surface area contributed by atoms with E-state index < -0.39 is 0 Å². The predicted molar refractivity (Wildman–Crippen MR) is 98.0 cm³/mol. The van der Waals surface area contributed by atoms with Crippen molar-refractivity contribution in [1.29, 1.82) is 0 Å². The largest absolute Gasteiger partial charge is 1.00 e. The van der Waals surface area contributed by atoms with Crippen molar-refractivity contribution in [1.82, 2.24) is 0 Å². The van der Waals surface area contributed by atoms with Crippen LogP contribution in [0.3, 0.4) is 0 Å². The van der Waals surface area contributed by atoms with E-state index in [9.17, 15) is 0 Å². The lowest BCUT2D eigenvalue weighted by molar-refractivity contribution is -0.617. The van der Waals surface area contributed by atoms with Gasteiger partial charge in [-0.15, -0.1) is 0 Å². The maximum absolute atomic E-state index is 2.27. The Kier molecular flexibility index (Phi) is 4.95. The molecule has 0 fully saturated rings. The van der Waals surface area contributed by atoms with Crippen molar-refractivity contribution in [2.75, 3.05) is 0 Å². The molecule has 0 saturated heterocycles. The normalized spacial score (nSPS) is 11.0. The monoisotopic (exact) mass is 423 g/mol. The van der Waals surface area contributed by atoms with Crippen LogP contribution in [-0.2, 0) is 7.05 Å². The Morgan fingerprint density at radius 3 is 1.71 bits per heavy atom. The van der Waals surface area contributed by atoms with Gasteiger partial charge in [0.05, 0.1) is 10.8 Å². The van der Waals surface area contributed by atoms with Crippen LogP contribution in [0.2, 0.25) is 0 Å². The van der Waals surface area contributed by atoms with E-state index in [1.54, 1.807) is 0 Å². The summed E-state index contributed by atoms with van der Waals surface area (Å²) in [5.41, 5.74) is 4.99. The molecule has 1 nitrogen and oxygen atoms in total. The van der Waals surface area contributed by atoms with Gasteiger partial charge in [0, 0.05) is 17.7 Å². The first kappa shape index (κ1) is 16.7. The van der Waals surface area contributed by atoms with Crippen LogP contribution >= 0.6 is 0 Å². The quantitative estimate of drug-likeness (QED) is 0.264. The topological polar surface area (TPSA) is 3.88 Å². The highest BCUT2D eigenvalue weighted by Gasteiger charge is 2.15. The fourth-order valence-corrected chi connectivity index (χ4v) is 3.19. The maximum atomic E-state index is 2.27. The molecule has 0 atom stereocenters. The minimum absolute atomic E-state index is 0. The summed E-state index contributed by atoms with van der Waals surface area (Å²) < 4.78 is 2.27. The zero-order chi connectivity index (χ0) is 15.6. The van der Waals surface area contributed by atoms with Gasteiger partial charge in [-0.25, -0.2) is 0 Å². The van der Waals surface area contributed by atoms with Gasteiger partial charge in [0.15, 0.2) is 0 Å². The first-order valence-electron chi connectivity index (χ1n) is 7.87. The number of hydrogen-bond acceptors (Lipinski definition) is 0. The summed E-state index contributed by atoms with van der Waals surface area (Å²) in [6.45, 7) is 0. The van der Waals surface area contributed by atoms with Crippen LogP contribution in [-0.4, -0.2) is 0 Å². The van der Waals surface area contributed by atoms with E-state index >= 15 is 0 Å². The summed E-state index contributed by atoms with van der Waals surface area (Å²) >= 11 is 0. The van der Waals surface area contributed by atoms with Crippen molar-refractivity contribution in [2.24, 2.45) is 7.05 Å². The van der Waals surface area contributed by atoms with Gasteiger partial charge in [-0.2, -0.15) is 4.57 Å². The molecule has 24 heavy (non-hydrogen) atoms. The van der Waals surface area contributed by atoms with Gasteiger partial charge in [-0.1, -0.05) is 66.7 Å². The third-order valence-corrected chi connectivity index (χ3v) is 4.35. The van der Waals surface area contributed by atoms with E-state index in [0.717, 1.165) is 0 Å². The van der Waals surface area contributed by atoms with Crippen LogP contribution < -0.4 is 28.5 Å². The Bertz CT molecular complexity index is 963. The fourth-order valence-electron chi connectivity index (χ4n) is 3.19. The highest BCUT2D eigenvalue weighted by Crippen LogP contribution is 2.26. The minimum Gasteiger partial charge on any atom is -1.00 e. The van der Waals surface area contributed by atoms with Gasteiger partial charge in [-0.05, 0) is 17.7 Å². The number of rotatable bonds is 2. The van der Waals surface area contributed by atoms with E-state index in [1.165, 1.54) is 32.9 Å². The number of halogens is 1. The Balaban J connectivity index is 0.00000169. The van der Waals surface area contributed by atoms with E-state index in [4.69, 9.17) is 0 Å². The van der Waals surface area contributed by atoms with E-state index in [0.29, 0.717) is 0 Å². The second-order valence-corrected chi connectivity index (χ2v) is 5.75. The Labute approximate surface area is 159 Å². The second kappa shape index (κ2) is 7.14. The molecule has 4 aromatic rings.